The van der Waals surface area contributed by atoms with Gasteiger partial charge in [0.2, 0.25) is 5.91 Å². The van der Waals surface area contributed by atoms with Crippen LogP contribution in [0.25, 0.3) is 0 Å². The van der Waals surface area contributed by atoms with Gasteiger partial charge in [0.15, 0.2) is 0 Å². The summed E-state index contributed by atoms with van der Waals surface area (Å²) in [5.74, 6) is -2.16. The van der Waals surface area contributed by atoms with Crippen LogP contribution in [0, 0.1) is 0 Å². The first-order chi connectivity index (χ1) is 10.3. The Hall–Kier alpha value is -2.09. The molecule has 1 rings (SSSR count). The van der Waals surface area contributed by atoms with Crippen molar-refractivity contribution in [1.82, 2.24) is 4.90 Å². The Morgan fingerprint density at radius 1 is 1.32 bits per heavy atom. The molecule has 122 valence electrons. The van der Waals surface area contributed by atoms with Crippen LogP contribution in [0.3, 0.4) is 0 Å². The molecule has 0 aliphatic rings. The van der Waals surface area contributed by atoms with Crippen LogP contribution >= 0.6 is 0 Å². The molecule has 1 aromatic rings. The fourth-order valence-corrected chi connectivity index (χ4v) is 1.83. The second-order valence-electron chi connectivity index (χ2n) is 4.60. The molecule has 0 bridgehead atoms. The van der Waals surface area contributed by atoms with E-state index in [-0.39, 0.29) is 32.0 Å². The molecule has 0 aliphatic carbocycles. The number of amides is 2. The van der Waals surface area contributed by atoms with Crippen LogP contribution < -0.4 is 11.1 Å². The maximum Gasteiger partial charge on any atom is 0.471 e. The highest BCUT2D eigenvalue weighted by molar-refractivity contribution is 5.90. The standard InChI is InChI=1S/C14H18F3N3O2/c1-2-20(13(22)14(15,16)17)9-10-4-3-5-11(8-10)19-12(21)6-7-18/h3-5,8H,2,6-7,9,18H2,1H3,(H,19,21). The van der Waals surface area contributed by atoms with Gasteiger partial charge in [0.1, 0.15) is 0 Å². The van der Waals surface area contributed by atoms with Crippen LogP contribution in [0.2, 0.25) is 0 Å². The number of benzene rings is 1. The van der Waals surface area contributed by atoms with Crippen LogP contribution in [0.1, 0.15) is 18.9 Å². The highest BCUT2D eigenvalue weighted by Gasteiger charge is 2.41. The zero-order chi connectivity index (χ0) is 16.8. The van der Waals surface area contributed by atoms with E-state index in [0.29, 0.717) is 16.2 Å². The van der Waals surface area contributed by atoms with Gasteiger partial charge in [-0.1, -0.05) is 12.1 Å². The van der Waals surface area contributed by atoms with E-state index in [1.807, 2.05) is 0 Å². The first kappa shape index (κ1) is 18.0. The van der Waals surface area contributed by atoms with E-state index in [1.165, 1.54) is 13.0 Å². The molecular formula is C14H18F3N3O2. The highest BCUT2D eigenvalue weighted by atomic mass is 19.4. The number of carbonyl (C=O) groups is 2. The van der Waals surface area contributed by atoms with E-state index in [9.17, 15) is 22.8 Å². The Kier molecular flexibility index (Phi) is 6.36. The third-order valence-corrected chi connectivity index (χ3v) is 2.87. The quantitative estimate of drug-likeness (QED) is 0.841. The topological polar surface area (TPSA) is 75.4 Å². The number of rotatable bonds is 6. The summed E-state index contributed by atoms with van der Waals surface area (Å²) >= 11 is 0. The Labute approximate surface area is 126 Å². The van der Waals surface area contributed by atoms with Crippen molar-refractivity contribution in [2.45, 2.75) is 26.1 Å². The zero-order valence-electron chi connectivity index (χ0n) is 12.1. The number of hydrogen-bond acceptors (Lipinski definition) is 3. The smallest absolute Gasteiger partial charge is 0.331 e. The van der Waals surface area contributed by atoms with Crippen molar-refractivity contribution in [2.75, 3.05) is 18.4 Å². The Morgan fingerprint density at radius 3 is 2.55 bits per heavy atom. The van der Waals surface area contributed by atoms with Crippen molar-refractivity contribution < 1.29 is 22.8 Å². The van der Waals surface area contributed by atoms with Crippen LogP contribution in [0.15, 0.2) is 24.3 Å². The summed E-state index contributed by atoms with van der Waals surface area (Å²) in [4.78, 5) is 23.4. The summed E-state index contributed by atoms with van der Waals surface area (Å²) in [5.41, 5.74) is 6.20. The van der Waals surface area contributed by atoms with Gasteiger partial charge in [-0.25, -0.2) is 0 Å². The highest BCUT2D eigenvalue weighted by Crippen LogP contribution is 2.20. The summed E-state index contributed by atoms with van der Waals surface area (Å²) in [6.07, 6.45) is -4.75. The molecule has 22 heavy (non-hydrogen) atoms. The molecule has 0 saturated heterocycles. The molecule has 0 radical (unpaired) electrons. The number of alkyl halides is 3. The van der Waals surface area contributed by atoms with Crippen molar-refractivity contribution in [1.29, 1.82) is 0 Å². The Bertz CT molecular complexity index is 532. The second kappa shape index (κ2) is 7.79. The second-order valence-corrected chi connectivity index (χ2v) is 4.60. The Morgan fingerprint density at radius 2 is 2.00 bits per heavy atom. The average molecular weight is 317 g/mol. The molecule has 0 unspecified atom stereocenters. The number of carbonyl (C=O) groups excluding carboxylic acids is 2. The summed E-state index contributed by atoms with van der Waals surface area (Å²) in [5, 5.41) is 2.59. The summed E-state index contributed by atoms with van der Waals surface area (Å²) in [6.45, 7) is 1.42. The fraction of sp³-hybridized carbons (Fsp3) is 0.429. The number of nitrogens with zero attached hydrogens (tertiary/aromatic N) is 1. The molecule has 0 saturated carbocycles. The van der Waals surface area contributed by atoms with Gasteiger partial charge in [-0.15, -0.1) is 0 Å². The van der Waals surface area contributed by atoms with Crippen molar-refractivity contribution in [2.24, 2.45) is 5.73 Å². The van der Waals surface area contributed by atoms with Gasteiger partial charge in [0.25, 0.3) is 0 Å². The molecule has 0 spiro atoms. The molecule has 0 fully saturated rings. The van der Waals surface area contributed by atoms with E-state index in [1.54, 1.807) is 18.2 Å². The van der Waals surface area contributed by atoms with Gasteiger partial charge in [0.05, 0.1) is 0 Å². The predicted octanol–water partition coefficient (Wildman–Crippen LogP) is 1.88. The van der Waals surface area contributed by atoms with E-state index >= 15 is 0 Å². The van der Waals surface area contributed by atoms with Crippen LogP contribution in [-0.4, -0.2) is 36.0 Å². The number of hydrogen-bond donors (Lipinski definition) is 2. The predicted molar refractivity (Wildman–Crippen MR) is 75.9 cm³/mol. The number of halogens is 3. The molecule has 0 heterocycles. The third kappa shape index (κ3) is 5.36. The lowest BCUT2D eigenvalue weighted by Gasteiger charge is -2.22. The maximum atomic E-state index is 12.5. The molecule has 1 aromatic carbocycles. The van der Waals surface area contributed by atoms with Gasteiger partial charge in [-0.3, -0.25) is 9.59 Å². The van der Waals surface area contributed by atoms with Crippen molar-refractivity contribution >= 4 is 17.5 Å². The SMILES string of the molecule is CCN(Cc1cccc(NC(=O)CCN)c1)C(=O)C(F)(F)F. The zero-order valence-corrected chi connectivity index (χ0v) is 12.1. The largest absolute Gasteiger partial charge is 0.471 e. The molecule has 3 N–H and O–H groups in total. The molecule has 0 atom stereocenters. The van der Waals surface area contributed by atoms with Crippen molar-refractivity contribution in [3.63, 3.8) is 0 Å². The fourth-order valence-electron chi connectivity index (χ4n) is 1.83. The van der Waals surface area contributed by atoms with Gasteiger partial charge in [0, 0.05) is 31.7 Å². The number of nitrogens with one attached hydrogen (secondary N) is 1. The monoisotopic (exact) mass is 317 g/mol. The average Bonchev–Trinajstić information content (AvgIpc) is 2.43. The minimum absolute atomic E-state index is 0.0674. The molecule has 0 aromatic heterocycles. The molecule has 0 aliphatic heterocycles. The van der Waals surface area contributed by atoms with Crippen LogP contribution in [0.4, 0.5) is 18.9 Å². The third-order valence-electron chi connectivity index (χ3n) is 2.87. The lowest BCUT2D eigenvalue weighted by molar-refractivity contribution is -0.185. The molecule has 8 heteroatoms. The van der Waals surface area contributed by atoms with Gasteiger partial charge < -0.3 is 16.0 Å². The van der Waals surface area contributed by atoms with Gasteiger partial charge >= 0.3 is 12.1 Å². The summed E-state index contributed by atoms with van der Waals surface area (Å²) < 4.78 is 37.4. The first-order valence-electron chi connectivity index (χ1n) is 6.73. The normalized spacial score (nSPS) is 11.1. The van der Waals surface area contributed by atoms with Crippen molar-refractivity contribution in [3.05, 3.63) is 29.8 Å². The summed E-state index contributed by atoms with van der Waals surface area (Å²) in [7, 11) is 0. The van der Waals surface area contributed by atoms with Crippen LogP contribution in [-0.2, 0) is 16.1 Å². The molecular weight excluding hydrogens is 299 g/mol. The molecule has 5 nitrogen and oxygen atoms in total. The minimum Gasteiger partial charge on any atom is -0.331 e. The summed E-state index contributed by atoms with van der Waals surface area (Å²) in [6, 6.07) is 6.32. The van der Waals surface area contributed by atoms with Crippen LogP contribution in [0.5, 0.6) is 0 Å². The minimum atomic E-state index is -4.90. The Balaban J connectivity index is 2.80. The van der Waals surface area contributed by atoms with Gasteiger partial charge in [-0.2, -0.15) is 13.2 Å². The van der Waals surface area contributed by atoms with Crippen molar-refractivity contribution in [3.8, 4) is 0 Å². The van der Waals surface area contributed by atoms with E-state index < -0.39 is 12.1 Å². The van der Waals surface area contributed by atoms with E-state index in [4.69, 9.17) is 5.73 Å². The van der Waals surface area contributed by atoms with Gasteiger partial charge in [-0.05, 0) is 24.6 Å². The molecule has 2 amide bonds. The number of anilines is 1. The maximum absolute atomic E-state index is 12.5. The number of nitrogens with two attached hydrogens (primary N) is 1. The van der Waals surface area contributed by atoms with E-state index in [2.05, 4.69) is 5.32 Å². The first-order valence-corrected chi connectivity index (χ1v) is 6.73. The lowest BCUT2D eigenvalue weighted by Crippen LogP contribution is -2.40. The lowest BCUT2D eigenvalue weighted by atomic mass is 10.2. The van der Waals surface area contributed by atoms with E-state index in [0.717, 1.165) is 0 Å².